The summed E-state index contributed by atoms with van der Waals surface area (Å²) in [5.74, 6) is 1.14. The molecule has 2 N–H and O–H groups in total. The largest absolute Gasteiger partial charge is 0.494 e. The number of ether oxygens (including phenoxy) is 3. The summed E-state index contributed by atoms with van der Waals surface area (Å²) in [5, 5.41) is 5.85. The van der Waals surface area contributed by atoms with Crippen molar-refractivity contribution >= 4 is 23.3 Å². The van der Waals surface area contributed by atoms with Crippen molar-refractivity contribution in [3.63, 3.8) is 0 Å². The van der Waals surface area contributed by atoms with Gasteiger partial charge in [0.1, 0.15) is 18.1 Å². The van der Waals surface area contributed by atoms with Crippen molar-refractivity contribution in [2.45, 2.75) is 13.1 Å². The molecule has 0 bridgehead atoms. The van der Waals surface area contributed by atoms with Crippen LogP contribution in [0.4, 0.5) is 36.4 Å². The van der Waals surface area contributed by atoms with Gasteiger partial charge in [0.15, 0.2) is 6.61 Å². The Labute approximate surface area is 188 Å². The fraction of sp³-hybridized carbons (Fsp3) is 0.227. The zero-order valence-electron chi connectivity index (χ0n) is 17.7. The Morgan fingerprint density at radius 2 is 1.45 bits per heavy atom. The number of anilines is 4. The number of nitrogens with one attached hydrogen (secondary N) is 2. The monoisotopic (exact) mass is 461 g/mol. The van der Waals surface area contributed by atoms with Crippen LogP contribution in [0.15, 0.2) is 61.2 Å². The summed E-state index contributed by atoms with van der Waals surface area (Å²) in [6.45, 7) is 4.70. The number of halogens is 3. The Morgan fingerprint density at radius 1 is 0.879 bits per heavy atom. The fourth-order valence-electron chi connectivity index (χ4n) is 2.59. The van der Waals surface area contributed by atoms with E-state index in [0.29, 0.717) is 36.1 Å². The number of rotatable bonds is 11. The van der Waals surface area contributed by atoms with Crippen LogP contribution >= 0.6 is 0 Å². The first-order chi connectivity index (χ1) is 15.8. The Kier molecular flexibility index (Phi) is 7.90. The fourth-order valence-corrected chi connectivity index (χ4v) is 2.59. The second-order valence-corrected chi connectivity index (χ2v) is 6.51. The predicted molar refractivity (Wildman–Crippen MR) is 118 cm³/mol. The maximum absolute atomic E-state index is 12.6. The minimum atomic E-state index is -4.55. The molecule has 174 valence electrons. The van der Waals surface area contributed by atoms with E-state index in [9.17, 15) is 13.2 Å². The van der Waals surface area contributed by atoms with E-state index in [1.807, 2.05) is 6.92 Å². The number of benzene rings is 2. The predicted octanol–water partition coefficient (Wildman–Crippen LogP) is 5.26. The molecule has 0 saturated carbocycles. The van der Waals surface area contributed by atoms with E-state index in [1.54, 1.807) is 54.6 Å². The van der Waals surface area contributed by atoms with Crippen molar-refractivity contribution in [3.8, 4) is 17.5 Å². The van der Waals surface area contributed by atoms with Crippen molar-refractivity contribution < 1.29 is 27.4 Å². The van der Waals surface area contributed by atoms with Crippen LogP contribution in [0.5, 0.6) is 17.5 Å². The smallest absolute Gasteiger partial charge is 0.422 e. The van der Waals surface area contributed by atoms with Crippen LogP contribution < -0.4 is 24.8 Å². The van der Waals surface area contributed by atoms with Gasteiger partial charge in [-0.3, -0.25) is 0 Å². The topological polar surface area (TPSA) is 90.4 Å². The third-order valence-electron chi connectivity index (χ3n) is 3.84. The molecule has 2 aromatic carbocycles. The standard InChI is InChI=1S/C22H22F3N5O3/c1-3-11-32-18-10-6-8-16(13-18)27-20-28-19(29-21(30-20)33-14-22(23,24)25)26-15-7-5-9-17(12-15)31-4-2/h3,5-10,12-13H,1,4,11,14H2,2H3,(H2,26,27,28,29,30). The van der Waals surface area contributed by atoms with Crippen LogP contribution in [0.2, 0.25) is 0 Å². The van der Waals surface area contributed by atoms with Crippen LogP contribution in [-0.4, -0.2) is 40.9 Å². The average molecular weight is 461 g/mol. The highest BCUT2D eigenvalue weighted by Gasteiger charge is 2.29. The van der Waals surface area contributed by atoms with Crippen molar-refractivity contribution in [2.24, 2.45) is 0 Å². The normalized spacial score (nSPS) is 10.9. The highest BCUT2D eigenvalue weighted by molar-refractivity contribution is 5.60. The molecule has 11 heteroatoms. The Balaban J connectivity index is 1.86. The Morgan fingerprint density at radius 3 is 1.97 bits per heavy atom. The van der Waals surface area contributed by atoms with Gasteiger partial charge in [-0.1, -0.05) is 24.8 Å². The van der Waals surface area contributed by atoms with Gasteiger partial charge in [-0.15, -0.1) is 0 Å². The van der Waals surface area contributed by atoms with Gasteiger partial charge in [0, 0.05) is 23.5 Å². The van der Waals surface area contributed by atoms with Gasteiger partial charge < -0.3 is 24.8 Å². The molecule has 0 unspecified atom stereocenters. The molecule has 0 atom stereocenters. The summed E-state index contributed by atoms with van der Waals surface area (Å²) in [7, 11) is 0. The maximum atomic E-state index is 12.6. The minimum absolute atomic E-state index is 0.0163. The molecule has 1 heterocycles. The molecular weight excluding hydrogens is 439 g/mol. The van der Waals surface area contributed by atoms with Gasteiger partial charge in [0.25, 0.3) is 0 Å². The van der Waals surface area contributed by atoms with Crippen LogP contribution in [0, 0.1) is 0 Å². The van der Waals surface area contributed by atoms with Gasteiger partial charge in [-0.25, -0.2) is 0 Å². The quantitative estimate of drug-likeness (QED) is 0.374. The molecular formula is C22H22F3N5O3. The molecule has 3 rings (SSSR count). The lowest BCUT2D eigenvalue weighted by atomic mass is 10.3. The van der Waals surface area contributed by atoms with Gasteiger partial charge in [0.05, 0.1) is 6.61 Å². The van der Waals surface area contributed by atoms with Crippen LogP contribution in [0.25, 0.3) is 0 Å². The molecule has 0 aliphatic heterocycles. The summed E-state index contributed by atoms with van der Waals surface area (Å²) < 4.78 is 53.6. The number of nitrogens with zero attached hydrogens (tertiary/aromatic N) is 3. The Hall–Kier alpha value is -4.02. The first-order valence-electron chi connectivity index (χ1n) is 9.91. The Bertz CT molecular complexity index is 1080. The molecule has 0 radical (unpaired) electrons. The van der Waals surface area contributed by atoms with E-state index >= 15 is 0 Å². The summed E-state index contributed by atoms with van der Waals surface area (Å²) in [4.78, 5) is 12.1. The minimum Gasteiger partial charge on any atom is -0.494 e. The molecule has 0 spiro atoms. The molecule has 3 aromatic rings. The first kappa shape index (κ1) is 23.6. The average Bonchev–Trinajstić information content (AvgIpc) is 2.76. The second kappa shape index (κ2) is 11.0. The number of aromatic nitrogens is 3. The van der Waals surface area contributed by atoms with Crippen LogP contribution in [0.3, 0.4) is 0 Å². The van der Waals surface area contributed by atoms with E-state index < -0.39 is 18.8 Å². The molecule has 0 aliphatic carbocycles. The van der Waals surface area contributed by atoms with Crippen molar-refractivity contribution in [1.29, 1.82) is 0 Å². The third kappa shape index (κ3) is 7.87. The van der Waals surface area contributed by atoms with Gasteiger partial charge >= 0.3 is 12.2 Å². The molecule has 8 nitrogen and oxygen atoms in total. The van der Waals surface area contributed by atoms with Crippen molar-refractivity contribution in [2.75, 3.05) is 30.5 Å². The van der Waals surface area contributed by atoms with E-state index in [2.05, 4.69) is 32.2 Å². The summed E-state index contributed by atoms with van der Waals surface area (Å²) in [6, 6.07) is 13.4. The van der Waals surface area contributed by atoms with Gasteiger partial charge in [-0.05, 0) is 31.2 Å². The summed E-state index contributed by atoms with van der Waals surface area (Å²) >= 11 is 0. The van der Waals surface area contributed by atoms with E-state index in [-0.39, 0.29) is 11.9 Å². The summed E-state index contributed by atoms with van der Waals surface area (Å²) in [5.41, 5.74) is 1.12. The van der Waals surface area contributed by atoms with E-state index in [4.69, 9.17) is 14.2 Å². The highest BCUT2D eigenvalue weighted by atomic mass is 19.4. The maximum Gasteiger partial charge on any atom is 0.422 e. The summed E-state index contributed by atoms with van der Waals surface area (Å²) in [6.07, 6.45) is -2.94. The zero-order chi connectivity index (χ0) is 23.7. The molecule has 0 fully saturated rings. The van der Waals surface area contributed by atoms with Crippen molar-refractivity contribution in [1.82, 2.24) is 15.0 Å². The second-order valence-electron chi connectivity index (χ2n) is 6.51. The van der Waals surface area contributed by atoms with Crippen LogP contribution in [0.1, 0.15) is 6.92 Å². The van der Waals surface area contributed by atoms with Crippen molar-refractivity contribution in [3.05, 3.63) is 61.2 Å². The highest BCUT2D eigenvalue weighted by Crippen LogP contribution is 2.25. The molecule has 0 amide bonds. The SMILES string of the molecule is C=CCOc1cccc(Nc2nc(Nc3cccc(OCC)c3)nc(OCC(F)(F)F)n2)c1. The zero-order valence-corrected chi connectivity index (χ0v) is 17.7. The molecule has 0 aliphatic rings. The molecule has 33 heavy (non-hydrogen) atoms. The van der Waals surface area contributed by atoms with Gasteiger partial charge in [-0.2, -0.15) is 28.1 Å². The number of alkyl halides is 3. The lowest BCUT2D eigenvalue weighted by Crippen LogP contribution is -2.20. The number of hydrogen-bond acceptors (Lipinski definition) is 8. The molecule has 1 aromatic heterocycles. The third-order valence-corrected chi connectivity index (χ3v) is 3.84. The van der Waals surface area contributed by atoms with E-state index in [1.165, 1.54) is 0 Å². The first-order valence-corrected chi connectivity index (χ1v) is 9.91. The molecule has 0 saturated heterocycles. The lowest BCUT2D eigenvalue weighted by molar-refractivity contribution is -0.154. The lowest BCUT2D eigenvalue weighted by Gasteiger charge is -2.13. The van der Waals surface area contributed by atoms with Gasteiger partial charge in [0.2, 0.25) is 11.9 Å². The van der Waals surface area contributed by atoms with Crippen LogP contribution in [-0.2, 0) is 0 Å². The number of hydrogen-bond donors (Lipinski definition) is 2. The van der Waals surface area contributed by atoms with E-state index in [0.717, 1.165) is 0 Å².